The Morgan fingerprint density at radius 1 is 0.808 bits per heavy atom. The number of rotatable bonds is 8. The maximum atomic E-state index is 12.0. The molecule has 0 bridgehead atoms. The number of hydrogen-bond donors (Lipinski definition) is 2. The average Bonchev–Trinajstić information content (AvgIpc) is 2.68. The minimum absolute atomic E-state index is 0.238. The second-order valence-corrected chi connectivity index (χ2v) is 11.3. The molecule has 0 aliphatic rings. The lowest BCUT2D eigenvalue weighted by molar-refractivity contribution is 0.285. The predicted molar refractivity (Wildman–Crippen MR) is 112 cm³/mol. The van der Waals surface area contributed by atoms with Gasteiger partial charge in [-0.25, -0.2) is 0 Å². The molecule has 0 amide bonds. The van der Waals surface area contributed by atoms with Gasteiger partial charge >= 0.3 is 0 Å². The van der Waals surface area contributed by atoms with Gasteiger partial charge in [0.25, 0.3) is 8.32 Å². The molecule has 0 aromatic heterocycles. The molecule has 138 valence electrons. The molecule has 0 radical (unpaired) electrons. The van der Waals surface area contributed by atoms with E-state index in [2.05, 4.69) is 50.0 Å². The standard InChI is InChI=1S/C23H30O2Si/c1-23(2,19-13-5-3-4-6-14-20-24)26(25,21-15-9-7-10-16-21)22-17-11-8-12-18-22/h7-12,15-18,24-25H,4,6,13-14,19-20H2,1-2H3. The van der Waals surface area contributed by atoms with Gasteiger partial charge in [-0.3, -0.25) is 0 Å². The first-order valence-electron chi connectivity index (χ1n) is 9.42. The molecule has 0 unspecified atom stereocenters. The molecule has 2 rings (SSSR count). The van der Waals surface area contributed by atoms with Gasteiger partial charge in [0.05, 0.1) is 0 Å². The summed E-state index contributed by atoms with van der Waals surface area (Å²) in [5.74, 6) is 6.45. The third kappa shape index (κ3) is 4.85. The molecule has 0 aliphatic carbocycles. The summed E-state index contributed by atoms with van der Waals surface area (Å²) < 4.78 is 0. The number of benzene rings is 2. The molecule has 2 aromatic rings. The molecule has 2 N–H and O–H groups in total. The van der Waals surface area contributed by atoms with Gasteiger partial charge in [-0.2, -0.15) is 0 Å². The van der Waals surface area contributed by atoms with Crippen LogP contribution in [0.4, 0.5) is 0 Å². The normalized spacial score (nSPS) is 11.7. The lowest BCUT2D eigenvalue weighted by atomic mass is 10.1. The van der Waals surface area contributed by atoms with Gasteiger partial charge in [0, 0.05) is 19.4 Å². The van der Waals surface area contributed by atoms with Crippen LogP contribution >= 0.6 is 0 Å². The fraction of sp³-hybridized carbons (Fsp3) is 0.391. The van der Waals surface area contributed by atoms with Crippen molar-refractivity contribution < 1.29 is 9.90 Å². The molecule has 2 nitrogen and oxygen atoms in total. The van der Waals surface area contributed by atoms with E-state index in [4.69, 9.17) is 5.11 Å². The van der Waals surface area contributed by atoms with Crippen molar-refractivity contribution in [2.75, 3.05) is 6.61 Å². The van der Waals surface area contributed by atoms with Crippen LogP contribution in [0.5, 0.6) is 0 Å². The Hall–Kier alpha value is -1.86. The van der Waals surface area contributed by atoms with Crippen LogP contribution in [0.25, 0.3) is 0 Å². The van der Waals surface area contributed by atoms with Gasteiger partial charge in [-0.1, -0.05) is 74.5 Å². The van der Waals surface area contributed by atoms with E-state index >= 15 is 0 Å². The second-order valence-electron chi connectivity index (χ2n) is 7.36. The SMILES string of the molecule is CC(C)(CCC#CCCCCO)[Si](O)(c1ccccc1)c1ccccc1. The molecule has 3 heteroatoms. The summed E-state index contributed by atoms with van der Waals surface area (Å²) in [5, 5.41) is 10.7. The minimum atomic E-state index is -2.91. The first-order chi connectivity index (χ1) is 12.5. The summed E-state index contributed by atoms with van der Waals surface area (Å²) in [6, 6.07) is 20.2. The lowest BCUT2D eigenvalue weighted by Crippen LogP contribution is -2.65. The zero-order valence-electron chi connectivity index (χ0n) is 15.9. The molecule has 0 fully saturated rings. The smallest absolute Gasteiger partial charge is 0.258 e. The van der Waals surface area contributed by atoms with Crippen molar-refractivity contribution in [1.29, 1.82) is 0 Å². The third-order valence-corrected chi connectivity index (χ3v) is 9.62. The number of aliphatic hydroxyl groups is 1. The van der Waals surface area contributed by atoms with Crippen molar-refractivity contribution in [1.82, 2.24) is 0 Å². The van der Waals surface area contributed by atoms with Gasteiger partial charge in [0.15, 0.2) is 0 Å². The van der Waals surface area contributed by atoms with Crippen molar-refractivity contribution in [2.24, 2.45) is 0 Å². The monoisotopic (exact) mass is 366 g/mol. The maximum absolute atomic E-state index is 12.0. The largest absolute Gasteiger partial charge is 0.424 e. The molecule has 26 heavy (non-hydrogen) atoms. The van der Waals surface area contributed by atoms with Crippen LogP contribution in [0.2, 0.25) is 5.04 Å². The first kappa shape index (κ1) is 20.4. The number of unbranched alkanes of at least 4 members (excludes halogenated alkanes) is 2. The average molecular weight is 367 g/mol. The topological polar surface area (TPSA) is 40.5 Å². The second kappa shape index (κ2) is 9.73. The summed E-state index contributed by atoms with van der Waals surface area (Å²) in [6.45, 7) is 4.58. The van der Waals surface area contributed by atoms with E-state index < -0.39 is 8.32 Å². The predicted octanol–water partition coefficient (Wildman–Crippen LogP) is 3.47. The zero-order chi connectivity index (χ0) is 18.9. The first-order valence-corrected chi connectivity index (χ1v) is 11.4. The molecular weight excluding hydrogens is 336 g/mol. The Bertz CT molecular complexity index is 675. The maximum Gasteiger partial charge on any atom is 0.258 e. The third-order valence-electron chi connectivity index (χ3n) is 5.07. The van der Waals surface area contributed by atoms with Crippen LogP contribution in [0.15, 0.2) is 60.7 Å². The highest BCUT2D eigenvalue weighted by Crippen LogP contribution is 2.39. The zero-order valence-corrected chi connectivity index (χ0v) is 16.9. The quantitative estimate of drug-likeness (QED) is 0.427. The fourth-order valence-electron chi connectivity index (χ4n) is 3.36. The van der Waals surface area contributed by atoms with Crippen molar-refractivity contribution in [2.45, 2.75) is 51.0 Å². The molecule has 0 atom stereocenters. The summed E-state index contributed by atoms with van der Waals surface area (Å²) in [6.07, 6.45) is 4.22. The fourth-order valence-corrected chi connectivity index (χ4v) is 7.10. The van der Waals surface area contributed by atoms with E-state index in [9.17, 15) is 4.80 Å². The molecule has 0 aliphatic heterocycles. The van der Waals surface area contributed by atoms with Crippen molar-refractivity contribution in [3.63, 3.8) is 0 Å². The van der Waals surface area contributed by atoms with E-state index in [0.29, 0.717) is 0 Å². The van der Waals surface area contributed by atoms with Crippen LogP contribution in [0.3, 0.4) is 0 Å². The number of aliphatic hydroxyl groups excluding tert-OH is 1. The number of hydrogen-bond acceptors (Lipinski definition) is 2. The van der Waals surface area contributed by atoms with Crippen molar-refractivity contribution in [3.8, 4) is 11.8 Å². The molecule has 0 saturated heterocycles. The summed E-state index contributed by atoms with van der Waals surface area (Å²) >= 11 is 0. The van der Waals surface area contributed by atoms with E-state index in [0.717, 1.165) is 42.5 Å². The van der Waals surface area contributed by atoms with Crippen LogP contribution in [-0.2, 0) is 0 Å². The highest BCUT2D eigenvalue weighted by molar-refractivity contribution is 6.98. The summed E-state index contributed by atoms with van der Waals surface area (Å²) in [7, 11) is -2.91. The van der Waals surface area contributed by atoms with Gasteiger partial charge in [0.2, 0.25) is 0 Å². The van der Waals surface area contributed by atoms with Crippen LogP contribution in [0.1, 0.15) is 46.0 Å². The van der Waals surface area contributed by atoms with Gasteiger partial charge in [0.1, 0.15) is 0 Å². The van der Waals surface area contributed by atoms with Gasteiger partial charge < -0.3 is 9.90 Å². The molecule has 2 aromatic carbocycles. The van der Waals surface area contributed by atoms with Crippen LogP contribution < -0.4 is 10.4 Å². The highest BCUT2D eigenvalue weighted by Gasteiger charge is 2.49. The Labute approximate surface area is 159 Å². The van der Waals surface area contributed by atoms with Crippen molar-refractivity contribution >= 4 is 18.7 Å². The van der Waals surface area contributed by atoms with E-state index in [1.54, 1.807) is 0 Å². The minimum Gasteiger partial charge on any atom is -0.424 e. The molecular formula is C23H30O2Si. The summed E-state index contributed by atoms with van der Waals surface area (Å²) in [4.78, 5) is 12.0. The van der Waals surface area contributed by atoms with E-state index in [1.807, 2.05) is 36.4 Å². The Kier molecular flexibility index (Phi) is 7.65. The molecule has 0 spiro atoms. The Balaban J connectivity index is 2.22. The van der Waals surface area contributed by atoms with E-state index in [-0.39, 0.29) is 11.6 Å². The van der Waals surface area contributed by atoms with Crippen LogP contribution in [-0.4, -0.2) is 24.8 Å². The van der Waals surface area contributed by atoms with Crippen molar-refractivity contribution in [3.05, 3.63) is 60.7 Å². The van der Waals surface area contributed by atoms with E-state index in [1.165, 1.54) is 0 Å². The van der Waals surface area contributed by atoms with Gasteiger partial charge in [-0.05, 0) is 34.7 Å². The molecule has 0 heterocycles. The molecule has 0 saturated carbocycles. The van der Waals surface area contributed by atoms with Crippen LogP contribution in [0, 0.1) is 11.8 Å². The summed E-state index contributed by atoms with van der Waals surface area (Å²) in [5.41, 5.74) is 0. The Morgan fingerprint density at radius 3 is 1.81 bits per heavy atom. The lowest BCUT2D eigenvalue weighted by Gasteiger charge is -2.41. The highest BCUT2D eigenvalue weighted by atomic mass is 28.4. The van der Waals surface area contributed by atoms with Gasteiger partial charge in [-0.15, -0.1) is 11.8 Å². The Morgan fingerprint density at radius 2 is 1.31 bits per heavy atom.